The number of benzene rings is 1. The topological polar surface area (TPSA) is 67.2 Å². The minimum atomic E-state index is -2.60. The van der Waals surface area contributed by atoms with Gasteiger partial charge >= 0.3 is 0 Å². The van der Waals surface area contributed by atoms with Crippen LogP contribution < -0.4 is 5.32 Å². The van der Waals surface area contributed by atoms with E-state index >= 15 is 0 Å². The molecule has 114 valence electrons. The van der Waals surface area contributed by atoms with E-state index in [4.69, 9.17) is 5.11 Å². The lowest BCUT2D eigenvalue weighted by molar-refractivity contribution is -0.121. The Morgan fingerprint density at radius 2 is 2.19 bits per heavy atom. The molecular formula is C13H15F2N3O2S. The standard InChI is InChI=1S/C13H15F2N3O2S/c14-12(15)21-13-17-9-4-1-2-5-10(9)18(13)8-11(20)16-6-3-7-19/h1-2,4-5,12,19H,3,6-8H2,(H,16,20). The number of hydrogen-bond donors (Lipinski definition) is 2. The van der Waals surface area contributed by atoms with Gasteiger partial charge in [0.05, 0.1) is 11.0 Å². The van der Waals surface area contributed by atoms with Crippen molar-refractivity contribution in [3.05, 3.63) is 24.3 Å². The summed E-state index contributed by atoms with van der Waals surface area (Å²) in [6.07, 6.45) is 0.453. The maximum Gasteiger partial charge on any atom is 0.291 e. The van der Waals surface area contributed by atoms with E-state index in [1.807, 2.05) is 0 Å². The number of nitrogens with zero attached hydrogens (tertiary/aromatic N) is 2. The molecule has 0 aliphatic rings. The molecule has 0 fully saturated rings. The van der Waals surface area contributed by atoms with E-state index < -0.39 is 5.76 Å². The first-order valence-corrected chi connectivity index (χ1v) is 7.27. The normalized spacial score (nSPS) is 11.2. The van der Waals surface area contributed by atoms with Gasteiger partial charge in [-0.3, -0.25) is 4.79 Å². The van der Waals surface area contributed by atoms with E-state index in [1.165, 1.54) is 4.57 Å². The maximum absolute atomic E-state index is 12.6. The lowest BCUT2D eigenvalue weighted by Gasteiger charge is -2.09. The first-order valence-electron chi connectivity index (χ1n) is 6.39. The highest BCUT2D eigenvalue weighted by molar-refractivity contribution is 7.99. The molecule has 0 spiro atoms. The Hall–Kier alpha value is -1.67. The lowest BCUT2D eigenvalue weighted by atomic mass is 10.3. The molecule has 0 aliphatic heterocycles. The van der Waals surface area contributed by atoms with E-state index in [-0.39, 0.29) is 24.2 Å². The van der Waals surface area contributed by atoms with Crippen LogP contribution in [0.4, 0.5) is 8.78 Å². The van der Waals surface area contributed by atoms with E-state index in [2.05, 4.69) is 10.3 Å². The van der Waals surface area contributed by atoms with Crippen molar-refractivity contribution in [2.75, 3.05) is 13.2 Å². The summed E-state index contributed by atoms with van der Waals surface area (Å²) in [4.78, 5) is 16.0. The van der Waals surface area contributed by atoms with E-state index in [1.54, 1.807) is 24.3 Å². The summed E-state index contributed by atoms with van der Waals surface area (Å²) in [5.74, 6) is -2.90. The van der Waals surface area contributed by atoms with Crippen LogP contribution in [0.1, 0.15) is 6.42 Å². The first-order chi connectivity index (χ1) is 10.1. The third-order valence-electron chi connectivity index (χ3n) is 2.77. The van der Waals surface area contributed by atoms with Gasteiger partial charge in [0.2, 0.25) is 5.91 Å². The highest BCUT2D eigenvalue weighted by Gasteiger charge is 2.17. The number of halogens is 2. The molecule has 0 saturated heterocycles. The average molecular weight is 315 g/mol. The molecule has 0 unspecified atom stereocenters. The minimum absolute atomic E-state index is 0.0131. The van der Waals surface area contributed by atoms with Crippen LogP contribution in [0.15, 0.2) is 29.4 Å². The number of aliphatic hydroxyl groups is 1. The van der Waals surface area contributed by atoms with Crippen LogP contribution in [0.3, 0.4) is 0 Å². The van der Waals surface area contributed by atoms with Gasteiger partial charge in [-0.1, -0.05) is 12.1 Å². The largest absolute Gasteiger partial charge is 0.396 e. The van der Waals surface area contributed by atoms with Crippen LogP contribution in [0.25, 0.3) is 11.0 Å². The number of nitrogens with one attached hydrogen (secondary N) is 1. The number of para-hydroxylation sites is 2. The molecule has 1 amide bonds. The van der Waals surface area contributed by atoms with Gasteiger partial charge in [-0.05, 0) is 30.3 Å². The monoisotopic (exact) mass is 315 g/mol. The van der Waals surface area contributed by atoms with Gasteiger partial charge in [0.15, 0.2) is 5.16 Å². The molecule has 8 heteroatoms. The number of carbonyl (C=O) groups excluding carboxylic acids is 1. The first kappa shape index (κ1) is 15.7. The Morgan fingerprint density at radius 1 is 1.43 bits per heavy atom. The highest BCUT2D eigenvalue weighted by atomic mass is 32.2. The smallest absolute Gasteiger partial charge is 0.291 e. The van der Waals surface area contributed by atoms with Crippen LogP contribution in [-0.4, -0.2) is 39.5 Å². The summed E-state index contributed by atoms with van der Waals surface area (Å²) in [7, 11) is 0. The molecule has 0 bridgehead atoms. The number of aromatic nitrogens is 2. The molecule has 2 N–H and O–H groups in total. The Labute approximate surface area is 124 Å². The van der Waals surface area contributed by atoms with Crippen molar-refractivity contribution in [3.63, 3.8) is 0 Å². The van der Waals surface area contributed by atoms with Crippen LogP contribution in [-0.2, 0) is 11.3 Å². The van der Waals surface area contributed by atoms with Gasteiger partial charge in [0, 0.05) is 13.2 Å². The number of amides is 1. The third kappa shape index (κ3) is 4.15. The number of imidazole rings is 1. The van der Waals surface area contributed by atoms with Crippen molar-refractivity contribution < 1.29 is 18.7 Å². The molecule has 0 saturated carbocycles. The molecule has 2 aromatic rings. The summed E-state index contributed by atoms with van der Waals surface area (Å²) in [5.41, 5.74) is 1.21. The fourth-order valence-electron chi connectivity index (χ4n) is 1.88. The molecule has 0 atom stereocenters. The fourth-order valence-corrected chi connectivity index (χ4v) is 2.48. The number of alkyl halides is 2. The Bertz CT molecular complexity index is 618. The Kier molecular flexibility index (Phi) is 5.51. The van der Waals surface area contributed by atoms with Crippen molar-refractivity contribution in [2.24, 2.45) is 0 Å². The zero-order valence-corrected chi connectivity index (χ0v) is 11.9. The third-order valence-corrected chi connectivity index (χ3v) is 3.47. The van der Waals surface area contributed by atoms with Crippen LogP contribution in [0, 0.1) is 0 Å². The van der Waals surface area contributed by atoms with Crippen LogP contribution in [0.2, 0.25) is 0 Å². The number of rotatable bonds is 7. The van der Waals surface area contributed by atoms with Crippen LogP contribution >= 0.6 is 11.8 Å². The van der Waals surface area contributed by atoms with E-state index in [0.29, 0.717) is 35.8 Å². The second-order valence-corrected chi connectivity index (χ2v) is 5.23. The zero-order valence-electron chi connectivity index (χ0n) is 11.1. The fraction of sp³-hybridized carbons (Fsp3) is 0.385. The summed E-state index contributed by atoms with van der Waals surface area (Å²) in [6.45, 7) is 0.251. The van der Waals surface area contributed by atoms with Crippen molar-refractivity contribution in [1.29, 1.82) is 0 Å². The van der Waals surface area contributed by atoms with Gasteiger partial charge in [-0.2, -0.15) is 8.78 Å². The number of hydrogen-bond acceptors (Lipinski definition) is 4. The van der Waals surface area contributed by atoms with Gasteiger partial charge in [-0.25, -0.2) is 4.98 Å². The Balaban J connectivity index is 2.21. The molecule has 2 rings (SSSR count). The maximum atomic E-state index is 12.6. The predicted molar refractivity (Wildman–Crippen MR) is 76.3 cm³/mol. The van der Waals surface area contributed by atoms with Crippen molar-refractivity contribution in [3.8, 4) is 0 Å². The van der Waals surface area contributed by atoms with Gasteiger partial charge in [-0.15, -0.1) is 0 Å². The van der Waals surface area contributed by atoms with Crippen molar-refractivity contribution in [1.82, 2.24) is 14.9 Å². The van der Waals surface area contributed by atoms with Gasteiger partial charge in [0.25, 0.3) is 5.76 Å². The number of thioether (sulfide) groups is 1. The predicted octanol–water partition coefficient (Wildman–Crippen LogP) is 1.85. The molecule has 1 aromatic carbocycles. The van der Waals surface area contributed by atoms with Crippen molar-refractivity contribution >= 4 is 28.7 Å². The molecular weight excluding hydrogens is 300 g/mol. The summed E-state index contributed by atoms with van der Waals surface area (Å²) < 4.78 is 26.7. The molecule has 21 heavy (non-hydrogen) atoms. The molecule has 0 aliphatic carbocycles. The second-order valence-electron chi connectivity index (χ2n) is 4.27. The summed E-state index contributed by atoms with van der Waals surface area (Å²) in [5, 5.41) is 11.4. The highest BCUT2D eigenvalue weighted by Crippen LogP contribution is 2.28. The minimum Gasteiger partial charge on any atom is -0.396 e. The Morgan fingerprint density at radius 3 is 2.90 bits per heavy atom. The molecule has 5 nitrogen and oxygen atoms in total. The SMILES string of the molecule is O=C(Cn1c(SC(F)F)nc2ccccc21)NCCCO. The molecule has 1 aromatic heterocycles. The summed E-state index contributed by atoms with van der Waals surface area (Å²) in [6, 6.07) is 6.97. The summed E-state index contributed by atoms with van der Waals surface area (Å²) >= 11 is 0.320. The van der Waals surface area contributed by atoms with E-state index in [9.17, 15) is 13.6 Å². The average Bonchev–Trinajstić information content (AvgIpc) is 2.76. The lowest BCUT2D eigenvalue weighted by Crippen LogP contribution is -2.29. The number of aliphatic hydroxyl groups excluding tert-OH is 1. The number of fused-ring (bicyclic) bond motifs is 1. The quantitative estimate of drug-likeness (QED) is 0.604. The number of carbonyl (C=O) groups is 1. The van der Waals surface area contributed by atoms with E-state index in [0.717, 1.165) is 0 Å². The van der Waals surface area contributed by atoms with Gasteiger partial charge < -0.3 is 15.0 Å². The van der Waals surface area contributed by atoms with Crippen LogP contribution in [0.5, 0.6) is 0 Å². The van der Waals surface area contributed by atoms with Gasteiger partial charge in [0.1, 0.15) is 6.54 Å². The second kappa shape index (κ2) is 7.37. The van der Waals surface area contributed by atoms with Crippen molar-refractivity contribution in [2.45, 2.75) is 23.9 Å². The molecule has 1 heterocycles. The molecule has 0 radical (unpaired) electrons. The zero-order chi connectivity index (χ0) is 15.2.